The van der Waals surface area contributed by atoms with E-state index in [0.717, 1.165) is 5.52 Å². The average Bonchev–Trinajstić information content (AvgIpc) is 3.54. The van der Waals surface area contributed by atoms with E-state index >= 15 is 4.39 Å². The fraction of sp³-hybridized carbons (Fsp3) is 0.179. The highest BCUT2D eigenvalue weighted by molar-refractivity contribution is 5.98. The quantitative estimate of drug-likeness (QED) is 0.225. The molecule has 0 fully saturated rings. The maximum Gasteiger partial charge on any atom is 0.159 e. The van der Waals surface area contributed by atoms with Gasteiger partial charge in [0.15, 0.2) is 5.82 Å². The number of rotatable bonds is 5. The van der Waals surface area contributed by atoms with Gasteiger partial charge in [-0.15, -0.1) is 0 Å². The minimum Gasteiger partial charge on any atom is -0.373 e. The van der Waals surface area contributed by atoms with Crippen molar-refractivity contribution >= 4 is 27.6 Å². The van der Waals surface area contributed by atoms with E-state index in [-0.39, 0.29) is 5.41 Å². The van der Waals surface area contributed by atoms with Crippen molar-refractivity contribution in [1.82, 2.24) is 35.1 Å². The molecular weight excluding hydrogens is 483 g/mol. The van der Waals surface area contributed by atoms with Crippen molar-refractivity contribution in [3.05, 3.63) is 73.1 Å². The van der Waals surface area contributed by atoms with Gasteiger partial charge in [-0.1, -0.05) is 26.8 Å². The molecule has 0 aliphatic heterocycles. The van der Waals surface area contributed by atoms with E-state index in [0.29, 0.717) is 56.1 Å². The van der Waals surface area contributed by atoms with Crippen LogP contribution in [0.25, 0.3) is 56.0 Å². The summed E-state index contributed by atoms with van der Waals surface area (Å²) in [4.78, 5) is 21.1. The molecule has 0 amide bonds. The summed E-state index contributed by atoms with van der Waals surface area (Å²) in [5.41, 5.74) is 4.69. The maximum atomic E-state index is 16.1. The van der Waals surface area contributed by atoms with E-state index in [2.05, 4.69) is 35.5 Å². The van der Waals surface area contributed by atoms with Gasteiger partial charge in [-0.05, 0) is 36.4 Å². The number of hydrogen-bond acceptors (Lipinski definition) is 7. The van der Waals surface area contributed by atoms with E-state index in [1.807, 2.05) is 45.0 Å². The first kappa shape index (κ1) is 23.7. The molecule has 6 rings (SSSR count). The second-order valence-electron chi connectivity index (χ2n) is 10.2. The smallest absolute Gasteiger partial charge is 0.159 e. The number of anilines is 1. The van der Waals surface area contributed by atoms with E-state index in [4.69, 9.17) is 4.98 Å². The number of halogens is 1. The number of hydrogen-bond donors (Lipinski definition) is 4. The van der Waals surface area contributed by atoms with Gasteiger partial charge in [0.25, 0.3) is 0 Å². The van der Waals surface area contributed by atoms with Gasteiger partial charge in [0.2, 0.25) is 0 Å². The first-order valence-corrected chi connectivity index (χ1v) is 12.1. The summed E-state index contributed by atoms with van der Waals surface area (Å²) >= 11 is 0. The molecule has 4 N–H and O–H groups in total. The topological polar surface area (TPSA) is 128 Å². The Bertz CT molecular complexity index is 1770. The maximum absolute atomic E-state index is 16.1. The van der Waals surface area contributed by atoms with Crippen LogP contribution in [0.1, 0.15) is 20.8 Å². The molecule has 1 unspecified atom stereocenters. The van der Waals surface area contributed by atoms with Crippen LogP contribution in [-0.2, 0) is 0 Å². The third kappa shape index (κ3) is 4.14. The lowest BCUT2D eigenvalue weighted by molar-refractivity contribution is 0.0880. The summed E-state index contributed by atoms with van der Waals surface area (Å²) in [5, 5.41) is 21.1. The summed E-state index contributed by atoms with van der Waals surface area (Å²) < 4.78 is 16.1. The molecule has 0 saturated heterocycles. The Morgan fingerprint density at radius 1 is 0.974 bits per heavy atom. The van der Waals surface area contributed by atoms with E-state index in [1.165, 1.54) is 0 Å². The molecule has 0 spiro atoms. The van der Waals surface area contributed by atoms with Gasteiger partial charge >= 0.3 is 0 Å². The number of nitrogens with zero attached hydrogens (tertiary/aromatic N) is 5. The summed E-state index contributed by atoms with van der Waals surface area (Å²) in [7, 11) is 0. The second kappa shape index (κ2) is 9.00. The van der Waals surface area contributed by atoms with E-state index in [1.54, 1.807) is 43.0 Å². The molecule has 6 aromatic rings. The van der Waals surface area contributed by atoms with Crippen LogP contribution in [0.4, 0.5) is 10.1 Å². The molecule has 0 bridgehead atoms. The zero-order valence-electron chi connectivity index (χ0n) is 21.0. The lowest BCUT2D eigenvalue weighted by atomic mass is 9.94. The van der Waals surface area contributed by atoms with Crippen molar-refractivity contribution in [2.75, 3.05) is 5.32 Å². The summed E-state index contributed by atoms with van der Waals surface area (Å²) in [5.74, 6) is -0.0422. The average molecular weight is 509 g/mol. The molecule has 0 aliphatic carbocycles. The minimum absolute atomic E-state index is 0.307. The monoisotopic (exact) mass is 508 g/mol. The standard InChI is InChI=1S/C28H25FN8O/c1-28(2,3)27(38)33-16-12-15(13-30-14-16)17-7-8-18-21(22(17)29)25(37-36-18)26-34-20-9-11-32-23(24(20)35-26)19-6-4-5-10-31-19/h4-14,27,33,38H,1-3H3,(H,34,35)(H,36,37). The fourth-order valence-electron chi connectivity index (χ4n) is 4.25. The highest BCUT2D eigenvalue weighted by atomic mass is 19.1. The number of benzene rings is 1. The number of H-pyrrole nitrogens is 2. The van der Waals surface area contributed by atoms with E-state index < -0.39 is 12.0 Å². The first-order valence-electron chi connectivity index (χ1n) is 12.1. The predicted octanol–water partition coefficient (Wildman–Crippen LogP) is 5.54. The van der Waals surface area contributed by atoms with Gasteiger partial charge in [0, 0.05) is 35.1 Å². The van der Waals surface area contributed by atoms with Crippen molar-refractivity contribution in [3.63, 3.8) is 0 Å². The Labute approximate surface area is 217 Å². The number of imidazole rings is 1. The van der Waals surface area contributed by atoms with Gasteiger partial charge in [0.05, 0.1) is 34.0 Å². The molecule has 38 heavy (non-hydrogen) atoms. The third-order valence-electron chi connectivity index (χ3n) is 6.37. The number of aliphatic hydroxyl groups is 1. The van der Waals surface area contributed by atoms with Gasteiger partial charge in [-0.25, -0.2) is 9.37 Å². The molecular formula is C28H25FN8O. The Kier molecular flexibility index (Phi) is 5.61. The molecule has 0 saturated carbocycles. The lowest BCUT2D eigenvalue weighted by Gasteiger charge is -2.27. The van der Waals surface area contributed by atoms with Crippen molar-refractivity contribution < 1.29 is 9.50 Å². The van der Waals surface area contributed by atoms with Crippen LogP contribution in [0.2, 0.25) is 0 Å². The number of fused-ring (bicyclic) bond motifs is 2. The fourth-order valence-corrected chi connectivity index (χ4v) is 4.25. The van der Waals surface area contributed by atoms with Crippen LogP contribution in [0.3, 0.4) is 0 Å². The number of aromatic nitrogens is 7. The third-order valence-corrected chi connectivity index (χ3v) is 6.37. The van der Waals surface area contributed by atoms with E-state index in [9.17, 15) is 5.11 Å². The van der Waals surface area contributed by atoms with Crippen molar-refractivity contribution in [2.45, 2.75) is 27.0 Å². The van der Waals surface area contributed by atoms with Crippen LogP contribution >= 0.6 is 0 Å². The SMILES string of the molecule is CC(C)(C)C(O)Nc1cncc(-c2ccc3[nH]nc(-c4nc5c(-c6ccccn6)nccc5[nH]4)c3c2F)c1. The zero-order chi connectivity index (χ0) is 26.4. The summed E-state index contributed by atoms with van der Waals surface area (Å²) in [6.07, 6.45) is 5.76. The number of aliphatic hydroxyl groups excluding tert-OH is 1. The van der Waals surface area contributed by atoms with Crippen LogP contribution in [0.15, 0.2) is 67.3 Å². The Balaban J connectivity index is 1.44. The number of pyridine rings is 3. The van der Waals surface area contributed by atoms with Gasteiger partial charge in [-0.3, -0.25) is 20.1 Å². The van der Waals surface area contributed by atoms with Crippen LogP contribution in [-0.4, -0.2) is 46.5 Å². The summed E-state index contributed by atoms with van der Waals surface area (Å²) in [6, 6.07) is 12.6. The van der Waals surface area contributed by atoms with Gasteiger partial charge in [0.1, 0.15) is 28.9 Å². The Morgan fingerprint density at radius 3 is 2.63 bits per heavy atom. The normalized spacial score (nSPS) is 12.8. The molecule has 9 nitrogen and oxygen atoms in total. The number of nitrogens with one attached hydrogen (secondary N) is 3. The molecule has 10 heteroatoms. The molecule has 5 aromatic heterocycles. The molecule has 1 aromatic carbocycles. The molecule has 5 heterocycles. The highest BCUT2D eigenvalue weighted by Crippen LogP contribution is 2.35. The number of aromatic amines is 2. The lowest BCUT2D eigenvalue weighted by Crippen LogP contribution is -2.33. The predicted molar refractivity (Wildman–Crippen MR) is 144 cm³/mol. The zero-order valence-corrected chi connectivity index (χ0v) is 21.0. The summed E-state index contributed by atoms with van der Waals surface area (Å²) in [6.45, 7) is 5.76. The molecule has 0 radical (unpaired) electrons. The largest absolute Gasteiger partial charge is 0.373 e. The molecule has 1 atom stereocenters. The van der Waals surface area contributed by atoms with Crippen molar-refractivity contribution in [1.29, 1.82) is 0 Å². The minimum atomic E-state index is -0.800. The van der Waals surface area contributed by atoms with Gasteiger partial charge in [-0.2, -0.15) is 5.10 Å². The molecule has 0 aliphatic rings. The van der Waals surface area contributed by atoms with Gasteiger partial charge < -0.3 is 15.4 Å². The molecule has 190 valence electrons. The second-order valence-corrected chi connectivity index (χ2v) is 10.2. The Hall–Kier alpha value is -4.70. The van der Waals surface area contributed by atoms with Crippen LogP contribution in [0, 0.1) is 11.2 Å². The first-order chi connectivity index (χ1) is 18.3. The van der Waals surface area contributed by atoms with Crippen LogP contribution < -0.4 is 5.32 Å². The van der Waals surface area contributed by atoms with Crippen LogP contribution in [0.5, 0.6) is 0 Å². The highest BCUT2D eigenvalue weighted by Gasteiger charge is 2.23. The Morgan fingerprint density at radius 2 is 1.84 bits per heavy atom. The van der Waals surface area contributed by atoms with Crippen molar-refractivity contribution in [3.8, 4) is 34.0 Å². The van der Waals surface area contributed by atoms with Crippen molar-refractivity contribution in [2.24, 2.45) is 5.41 Å².